The van der Waals surface area contributed by atoms with Gasteiger partial charge in [0, 0.05) is 62.6 Å². The first-order chi connectivity index (χ1) is 18.5. The van der Waals surface area contributed by atoms with Crippen LogP contribution in [0.15, 0.2) is 72.8 Å². The number of hydrogen-bond donors (Lipinski definition) is 0. The number of nitrogens with zero attached hydrogens (tertiary/aromatic N) is 3. The van der Waals surface area contributed by atoms with Crippen LogP contribution in [-0.2, 0) is 0 Å². The number of carbonyl (C=O) groups excluding carboxylic acids is 1. The van der Waals surface area contributed by atoms with Gasteiger partial charge in [0.25, 0.3) is 0 Å². The Kier molecular flexibility index (Phi) is 8.73. The molecule has 2 fully saturated rings. The number of likely N-dealkylation sites (N-methyl/N-ethyl adjacent to an activating group) is 1. The third kappa shape index (κ3) is 6.09. The van der Waals surface area contributed by atoms with Crippen molar-refractivity contribution in [3.8, 4) is 0 Å². The number of carbonyl (C=O) groups is 1. The van der Waals surface area contributed by atoms with Gasteiger partial charge in [0.05, 0.1) is 0 Å². The molecule has 5 rings (SSSR count). The van der Waals surface area contributed by atoms with Crippen LogP contribution >= 0.6 is 0 Å². The van der Waals surface area contributed by atoms with E-state index in [0.29, 0.717) is 0 Å². The van der Waals surface area contributed by atoms with Crippen molar-refractivity contribution in [2.24, 2.45) is 5.92 Å². The van der Waals surface area contributed by atoms with Crippen molar-refractivity contribution in [1.29, 1.82) is 0 Å². The van der Waals surface area contributed by atoms with E-state index < -0.39 is 0 Å². The van der Waals surface area contributed by atoms with Crippen LogP contribution in [0, 0.1) is 25.8 Å². The fourth-order valence-electron chi connectivity index (χ4n) is 6.47. The molecule has 0 aliphatic carbocycles. The van der Waals surface area contributed by atoms with Crippen LogP contribution in [0.25, 0.3) is 0 Å². The minimum atomic E-state index is -0.103. The first-order valence-electron chi connectivity index (χ1n) is 14.3. The normalized spacial score (nSPS) is 23.4. The molecular weight excluding hydrogens is 466 g/mol. The average molecular weight is 509 g/mol. The second kappa shape index (κ2) is 12.4. The van der Waals surface area contributed by atoms with Gasteiger partial charge in [0.1, 0.15) is 0 Å². The van der Waals surface area contributed by atoms with Crippen molar-refractivity contribution in [3.05, 3.63) is 107 Å². The number of piperazine rings is 1. The first kappa shape index (κ1) is 26.8. The Labute approximate surface area is 229 Å². The second-order valence-corrected chi connectivity index (χ2v) is 11.3. The van der Waals surface area contributed by atoms with Crippen LogP contribution in [0.4, 0.5) is 0 Å². The van der Waals surface area contributed by atoms with Crippen molar-refractivity contribution < 1.29 is 4.79 Å². The topological polar surface area (TPSA) is 26.8 Å². The Hall–Kier alpha value is -2.79. The number of rotatable bonds is 8. The summed E-state index contributed by atoms with van der Waals surface area (Å²) < 4.78 is 0. The smallest absolute Gasteiger partial charge is 0.167 e. The minimum absolute atomic E-state index is 0.103. The van der Waals surface area contributed by atoms with Gasteiger partial charge in [0.2, 0.25) is 0 Å². The Morgan fingerprint density at radius 3 is 2.32 bits per heavy atom. The zero-order valence-corrected chi connectivity index (χ0v) is 23.3. The van der Waals surface area contributed by atoms with Crippen LogP contribution in [0.2, 0.25) is 0 Å². The maximum Gasteiger partial charge on any atom is 0.167 e. The van der Waals surface area contributed by atoms with E-state index in [4.69, 9.17) is 0 Å². The molecule has 3 atom stereocenters. The molecule has 3 aromatic rings. The highest BCUT2D eigenvalue weighted by Crippen LogP contribution is 2.45. The molecule has 0 aromatic heterocycles. The molecule has 4 nitrogen and oxygen atoms in total. The highest BCUT2D eigenvalue weighted by atomic mass is 16.1. The van der Waals surface area contributed by atoms with Gasteiger partial charge >= 0.3 is 0 Å². The van der Waals surface area contributed by atoms with Crippen LogP contribution in [0.5, 0.6) is 0 Å². The molecule has 2 saturated heterocycles. The average Bonchev–Trinajstić information content (AvgIpc) is 2.96. The Balaban J connectivity index is 1.46. The zero-order chi connectivity index (χ0) is 26.5. The molecule has 0 spiro atoms. The lowest BCUT2D eigenvalue weighted by molar-refractivity contribution is 0.0724. The van der Waals surface area contributed by atoms with Gasteiger partial charge in [-0.2, -0.15) is 0 Å². The molecule has 2 heterocycles. The number of ketones is 1. The SMILES string of the molecule is Cc1cccc([C@H]2[C@@H](C(=O)c3ccccc3)CN(CCCN3CCN(C)CC3)C[C@@H]2c2[c]cccc2)c1C. The van der Waals surface area contributed by atoms with Crippen molar-refractivity contribution >= 4 is 5.78 Å². The molecule has 38 heavy (non-hydrogen) atoms. The lowest BCUT2D eigenvalue weighted by atomic mass is 9.67. The number of likely N-dealkylation sites (tertiary alicyclic amines) is 1. The van der Waals surface area contributed by atoms with Crippen molar-refractivity contribution in [3.63, 3.8) is 0 Å². The fourth-order valence-corrected chi connectivity index (χ4v) is 6.47. The van der Waals surface area contributed by atoms with E-state index >= 15 is 0 Å². The Bertz CT molecular complexity index is 1190. The van der Waals surface area contributed by atoms with E-state index in [1.165, 1.54) is 22.3 Å². The zero-order valence-electron chi connectivity index (χ0n) is 23.3. The highest BCUT2D eigenvalue weighted by Gasteiger charge is 2.42. The monoisotopic (exact) mass is 508 g/mol. The summed E-state index contributed by atoms with van der Waals surface area (Å²) in [4.78, 5) is 21.8. The summed E-state index contributed by atoms with van der Waals surface area (Å²) in [6.45, 7) is 12.9. The maximum atomic E-state index is 14.2. The highest BCUT2D eigenvalue weighted by molar-refractivity contribution is 5.98. The minimum Gasteiger partial charge on any atom is -0.304 e. The lowest BCUT2D eigenvalue weighted by Crippen LogP contribution is -2.48. The van der Waals surface area contributed by atoms with Crippen LogP contribution < -0.4 is 0 Å². The largest absolute Gasteiger partial charge is 0.304 e. The van der Waals surface area contributed by atoms with E-state index in [2.05, 4.69) is 72.0 Å². The predicted molar refractivity (Wildman–Crippen MR) is 156 cm³/mol. The number of hydrogen-bond acceptors (Lipinski definition) is 4. The van der Waals surface area contributed by atoms with Gasteiger partial charge in [-0.05, 0) is 68.7 Å². The fraction of sp³-hybridized carbons (Fsp3) is 0.441. The summed E-state index contributed by atoms with van der Waals surface area (Å²) in [6.07, 6.45) is 1.13. The maximum absolute atomic E-state index is 14.2. The molecule has 2 aliphatic heterocycles. The lowest BCUT2D eigenvalue weighted by Gasteiger charge is -2.45. The van der Waals surface area contributed by atoms with Crippen LogP contribution in [-0.4, -0.2) is 79.9 Å². The molecular formula is C34H42N3O. The molecule has 0 unspecified atom stereocenters. The summed E-state index contributed by atoms with van der Waals surface area (Å²) in [7, 11) is 2.21. The van der Waals surface area contributed by atoms with Crippen molar-refractivity contribution in [2.45, 2.75) is 32.1 Å². The summed E-state index contributed by atoms with van der Waals surface area (Å²) in [5.74, 6) is 0.497. The van der Waals surface area contributed by atoms with Gasteiger partial charge in [-0.1, -0.05) is 72.8 Å². The molecule has 1 radical (unpaired) electrons. The molecule has 0 amide bonds. The van der Waals surface area contributed by atoms with E-state index in [1.54, 1.807) is 0 Å². The van der Waals surface area contributed by atoms with Gasteiger partial charge in [-0.15, -0.1) is 0 Å². The third-order valence-electron chi connectivity index (χ3n) is 8.85. The first-order valence-corrected chi connectivity index (χ1v) is 14.3. The molecule has 2 aliphatic rings. The Morgan fingerprint density at radius 1 is 0.842 bits per heavy atom. The summed E-state index contributed by atoms with van der Waals surface area (Å²) >= 11 is 0. The van der Waals surface area contributed by atoms with E-state index in [1.807, 2.05) is 42.5 Å². The predicted octanol–water partition coefficient (Wildman–Crippen LogP) is 5.42. The van der Waals surface area contributed by atoms with E-state index in [-0.39, 0.29) is 23.5 Å². The molecule has 199 valence electrons. The van der Waals surface area contributed by atoms with Crippen molar-refractivity contribution in [2.75, 3.05) is 59.4 Å². The van der Waals surface area contributed by atoms with Gasteiger partial charge in [0.15, 0.2) is 5.78 Å². The standard InChI is InChI=1S/C34H42N3O/c1-26-12-10-17-30(27(26)2)33-31(28-13-6-4-7-14-28)24-37(19-11-18-36-22-20-35(3)21-23-36)25-32(33)34(38)29-15-8-5-9-16-29/h4-10,12-13,15-17,31-33H,11,18-25H2,1-3H3/t31-,32+,33-/m1/s1. The second-order valence-electron chi connectivity index (χ2n) is 11.3. The molecule has 3 aromatic carbocycles. The van der Waals surface area contributed by atoms with Crippen LogP contribution in [0.3, 0.4) is 0 Å². The Morgan fingerprint density at radius 2 is 1.58 bits per heavy atom. The number of Topliss-reactive ketones (excluding diaryl/α,β-unsaturated/α-hetero) is 1. The number of piperidine rings is 1. The third-order valence-corrected chi connectivity index (χ3v) is 8.85. The van der Waals surface area contributed by atoms with Gasteiger partial charge in [-0.25, -0.2) is 0 Å². The molecule has 0 bridgehead atoms. The van der Waals surface area contributed by atoms with Gasteiger partial charge < -0.3 is 14.7 Å². The van der Waals surface area contributed by atoms with Crippen molar-refractivity contribution in [1.82, 2.24) is 14.7 Å². The van der Waals surface area contributed by atoms with Gasteiger partial charge in [-0.3, -0.25) is 4.79 Å². The summed E-state index contributed by atoms with van der Waals surface area (Å²) in [6, 6.07) is 28.5. The quantitative estimate of drug-likeness (QED) is 0.380. The summed E-state index contributed by atoms with van der Waals surface area (Å²) in [5, 5.41) is 0. The number of aryl methyl sites for hydroxylation is 1. The van der Waals surface area contributed by atoms with E-state index in [0.717, 1.165) is 64.3 Å². The molecule has 0 saturated carbocycles. The van der Waals surface area contributed by atoms with E-state index in [9.17, 15) is 4.79 Å². The van der Waals surface area contributed by atoms with Crippen LogP contribution in [0.1, 0.15) is 50.9 Å². The summed E-state index contributed by atoms with van der Waals surface area (Å²) in [5.41, 5.74) is 5.96. The molecule has 4 heteroatoms. The molecule has 0 N–H and O–H groups in total. The number of benzene rings is 3.